The maximum Gasteiger partial charge on any atom is 0.134 e. The SMILES string of the molecule is CCN(CCNc1ncnc(NC)c1C)C1CC1. The van der Waals surface area contributed by atoms with E-state index in [1.807, 2.05) is 14.0 Å². The van der Waals surface area contributed by atoms with Crippen LogP contribution in [0.25, 0.3) is 0 Å². The lowest BCUT2D eigenvalue weighted by Crippen LogP contribution is -2.31. The highest BCUT2D eigenvalue weighted by Gasteiger charge is 2.27. The van der Waals surface area contributed by atoms with Gasteiger partial charge in [-0.1, -0.05) is 6.92 Å². The van der Waals surface area contributed by atoms with Crippen molar-refractivity contribution in [3.63, 3.8) is 0 Å². The summed E-state index contributed by atoms with van der Waals surface area (Å²) in [5.74, 6) is 1.82. The van der Waals surface area contributed by atoms with Crippen molar-refractivity contribution in [3.05, 3.63) is 11.9 Å². The third kappa shape index (κ3) is 3.10. The van der Waals surface area contributed by atoms with Gasteiger partial charge in [0.25, 0.3) is 0 Å². The molecule has 1 aliphatic carbocycles. The molecular formula is C13H23N5. The zero-order valence-corrected chi connectivity index (χ0v) is 11.5. The number of nitrogens with zero attached hydrogens (tertiary/aromatic N) is 3. The minimum Gasteiger partial charge on any atom is -0.373 e. The Hall–Kier alpha value is -1.36. The van der Waals surface area contributed by atoms with Crippen molar-refractivity contribution in [2.45, 2.75) is 32.7 Å². The van der Waals surface area contributed by atoms with Crippen LogP contribution in [0.15, 0.2) is 6.33 Å². The van der Waals surface area contributed by atoms with E-state index in [-0.39, 0.29) is 0 Å². The van der Waals surface area contributed by atoms with Gasteiger partial charge in [0.2, 0.25) is 0 Å². The van der Waals surface area contributed by atoms with E-state index in [2.05, 4.69) is 32.4 Å². The molecule has 2 N–H and O–H groups in total. The number of hydrogen-bond donors (Lipinski definition) is 2. The smallest absolute Gasteiger partial charge is 0.134 e. The van der Waals surface area contributed by atoms with Gasteiger partial charge in [-0.25, -0.2) is 9.97 Å². The van der Waals surface area contributed by atoms with Crippen LogP contribution in [-0.4, -0.2) is 47.6 Å². The molecular weight excluding hydrogens is 226 g/mol. The minimum absolute atomic E-state index is 0.830. The van der Waals surface area contributed by atoms with Crippen LogP contribution in [0.2, 0.25) is 0 Å². The van der Waals surface area contributed by atoms with Gasteiger partial charge >= 0.3 is 0 Å². The molecule has 0 bridgehead atoms. The Balaban J connectivity index is 1.85. The topological polar surface area (TPSA) is 53.1 Å². The first kappa shape index (κ1) is 13.1. The summed E-state index contributed by atoms with van der Waals surface area (Å²) in [7, 11) is 1.88. The van der Waals surface area contributed by atoms with Crippen molar-refractivity contribution in [2.24, 2.45) is 0 Å². The monoisotopic (exact) mass is 249 g/mol. The summed E-state index contributed by atoms with van der Waals surface area (Å²) in [6.07, 6.45) is 4.33. The Kier molecular flexibility index (Phi) is 4.36. The van der Waals surface area contributed by atoms with Crippen molar-refractivity contribution in [3.8, 4) is 0 Å². The third-order valence-corrected chi connectivity index (χ3v) is 3.48. The van der Waals surface area contributed by atoms with Crippen molar-refractivity contribution in [1.29, 1.82) is 0 Å². The number of rotatable bonds is 7. The second-order valence-electron chi connectivity index (χ2n) is 4.73. The van der Waals surface area contributed by atoms with Crippen LogP contribution in [0.4, 0.5) is 11.6 Å². The Morgan fingerprint density at radius 2 is 2.06 bits per heavy atom. The summed E-state index contributed by atoms with van der Waals surface area (Å²) in [6.45, 7) is 7.42. The molecule has 0 spiro atoms. The first-order valence-electron chi connectivity index (χ1n) is 6.73. The molecule has 0 atom stereocenters. The number of nitrogens with one attached hydrogen (secondary N) is 2. The molecule has 1 fully saturated rings. The molecule has 1 aromatic rings. The molecule has 5 heteroatoms. The fourth-order valence-corrected chi connectivity index (χ4v) is 2.24. The van der Waals surface area contributed by atoms with Gasteiger partial charge in [-0.2, -0.15) is 0 Å². The summed E-state index contributed by atoms with van der Waals surface area (Å²) in [5, 5.41) is 6.48. The molecule has 0 amide bonds. The lowest BCUT2D eigenvalue weighted by atomic mass is 10.3. The van der Waals surface area contributed by atoms with E-state index in [1.54, 1.807) is 6.33 Å². The second-order valence-corrected chi connectivity index (χ2v) is 4.73. The van der Waals surface area contributed by atoms with Crippen molar-refractivity contribution < 1.29 is 0 Å². The first-order chi connectivity index (χ1) is 8.76. The zero-order chi connectivity index (χ0) is 13.0. The molecule has 0 saturated heterocycles. The number of aromatic nitrogens is 2. The highest BCUT2D eigenvalue weighted by Crippen LogP contribution is 2.26. The van der Waals surface area contributed by atoms with E-state index in [0.717, 1.165) is 42.9 Å². The fraction of sp³-hybridized carbons (Fsp3) is 0.692. The van der Waals surface area contributed by atoms with Crippen LogP contribution in [0.1, 0.15) is 25.3 Å². The predicted molar refractivity (Wildman–Crippen MR) is 75.1 cm³/mol. The van der Waals surface area contributed by atoms with Crippen LogP contribution in [0, 0.1) is 6.92 Å². The van der Waals surface area contributed by atoms with Gasteiger partial charge in [0.05, 0.1) is 0 Å². The lowest BCUT2D eigenvalue weighted by Gasteiger charge is -2.20. The van der Waals surface area contributed by atoms with Crippen molar-refractivity contribution in [1.82, 2.24) is 14.9 Å². The molecule has 1 heterocycles. The van der Waals surface area contributed by atoms with Crippen LogP contribution < -0.4 is 10.6 Å². The maximum absolute atomic E-state index is 4.29. The summed E-state index contributed by atoms with van der Waals surface area (Å²) in [5.41, 5.74) is 1.08. The van der Waals surface area contributed by atoms with E-state index in [9.17, 15) is 0 Å². The molecule has 1 aromatic heterocycles. The predicted octanol–water partition coefficient (Wildman–Crippen LogP) is 1.72. The summed E-state index contributed by atoms with van der Waals surface area (Å²) < 4.78 is 0. The molecule has 5 nitrogen and oxygen atoms in total. The van der Waals surface area contributed by atoms with E-state index < -0.39 is 0 Å². The highest BCUT2D eigenvalue weighted by atomic mass is 15.2. The molecule has 0 radical (unpaired) electrons. The second kappa shape index (κ2) is 6.00. The number of hydrogen-bond acceptors (Lipinski definition) is 5. The highest BCUT2D eigenvalue weighted by molar-refractivity contribution is 5.55. The normalized spacial score (nSPS) is 14.9. The van der Waals surface area contributed by atoms with Crippen LogP contribution in [0.3, 0.4) is 0 Å². The molecule has 18 heavy (non-hydrogen) atoms. The van der Waals surface area contributed by atoms with Crippen LogP contribution >= 0.6 is 0 Å². The first-order valence-corrected chi connectivity index (χ1v) is 6.73. The average molecular weight is 249 g/mol. The van der Waals surface area contributed by atoms with Gasteiger partial charge < -0.3 is 10.6 Å². The quantitative estimate of drug-likeness (QED) is 0.770. The van der Waals surface area contributed by atoms with Gasteiger partial charge in [-0.05, 0) is 26.3 Å². The van der Waals surface area contributed by atoms with Crippen molar-refractivity contribution >= 4 is 11.6 Å². The maximum atomic E-state index is 4.29. The lowest BCUT2D eigenvalue weighted by molar-refractivity contribution is 0.289. The summed E-state index contributed by atoms with van der Waals surface area (Å²) in [4.78, 5) is 11.0. The average Bonchev–Trinajstić information content (AvgIpc) is 3.21. The Morgan fingerprint density at radius 3 is 2.67 bits per heavy atom. The van der Waals surface area contributed by atoms with Crippen molar-refractivity contribution in [2.75, 3.05) is 37.3 Å². The Labute approximate surface area is 109 Å². The molecule has 100 valence electrons. The molecule has 0 unspecified atom stereocenters. The minimum atomic E-state index is 0.830. The molecule has 1 saturated carbocycles. The third-order valence-electron chi connectivity index (χ3n) is 3.48. The molecule has 1 aliphatic rings. The molecule has 2 rings (SSSR count). The molecule has 0 aliphatic heterocycles. The van der Waals surface area contributed by atoms with Gasteiger partial charge in [0, 0.05) is 31.7 Å². The number of anilines is 2. The van der Waals surface area contributed by atoms with E-state index in [4.69, 9.17) is 0 Å². The summed E-state index contributed by atoms with van der Waals surface area (Å²) in [6, 6.07) is 0.830. The number of likely N-dealkylation sites (N-methyl/N-ethyl adjacent to an activating group) is 1. The van der Waals surface area contributed by atoms with Crippen LogP contribution in [-0.2, 0) is 0 Å². The Bertz CT molecular complexity index is 389. The van der Waals surface area contributed by atoms with E-state index >= 15 is 0 Å². The summed E-state index contributed by atoms with van der Waals surface area (Å²) >= 11 is 0. The van der Waals surface area contributed by atoms with Gasteiger partial charge in [0.15, 0.2) is 0 Å². The van der Waals surface area contributed by atoms with Crippen LogP contribution in [0.5, 0.6) is 0 Å². The van der Waals surface area contributed by atoms with E-state index in [1.165, 1.54) is 12.8 Å². The standard InChI is InChI=1S/C13H23N5/c1-4-18(11-5-6-11)8-7-15-13-10(2)12(14-3)16-9-17-13/h9,11H,4-8H2,1-3H3,(H2,14,15,16,17). The van der Waals surface area contributed by atoms with Gasteiger partial charge in [-0.3, -0.25) is 4.90 Å². The Morgan fingerprint density at radius 1 is 1.33 bits per heavy atom. The van der Waals surface area contributed by atoms with Gasteiger partial charge in [0.1, 0.15) is 18.0 Å². The van der Waals surface area contributed by atoms with Gasteiger partial charge in [-0.15, -0.1) is 0 Å². The van der Waals surface area contributed by atoms with E-state index in [0.29, 0.717) is 0 Å². The fourth-order valence-electron chi connectivity index (χ4n) is 2.24. The molecule has 0 aromatic carbocycles. The largest absolute Gasteiger partial charge is 0.373 e. The zero-order valence-electron chi connectivity index (χ0n) is 11.5.